The van der Waals surface area contributed by atoms with Crippen molar-refractivity contribution in [2.45, 2.75) is 38.6 Å². The first-order valence-corrected chi connectivity index (χ1v) is 11.6. The molecule has 172 valence electrons. The summed E-state index contributed by atoms with van der Waals surface area (Å²) in [6, 6.07) is 16.8. The predicted molar refractivity (Wildman–Crippen MR) is 127 cm³/mol. The Hall–Kier alpha value is -2.86. The van der Waals surface area contributed by atoms with Crippen molar-refractivity contribution < 1.29 is 14.3 Å². The highest BCUT2D eigenvalue weighted by Crippen LogP contribution is 2.27. The number of rotatable bonds is 4. The minimum absolute atomic E-state index is 0.0197. The van der Waals surface area contributed by atoms with E-state index in [4.69, 9.17) is 4.74 Å². The molecule has 1 aliphatic heterocycles. The van der Waals surface area contributed by atoms with Crippen molar-refractivity contribution in [3.63, 3.8) is 0 Å². The van der Waals surface area contributed by atoms with E-state index in [2.05, 4.69) is 17.1 Å². The van der Waals surface area contributed by atoms with Crippen LogP contribution in [-0.2, 0) is 4.79 Å². The molecule has 1 fully saturated rings. The molecule has 1 saturated heterocycles. The lowest BCUT2D eigenvalue weighted by Crippen LogP contribution is -2.39. The SMILES string of the molecule is CCN1CCCCN(C(=O)c2ccc(OC)cc2)C(c2ccccc2)CC(=O)NCCC1. The molecule has 0 aliphatic carbocycles. The van der Waals surface area contributed by atoms with E-state index in [1.54, 1.807) is 31.4 Å². The van der Waals surface area contributed by atoms with Crippen LogP contribution >= 0.6 is 0 Å². The maximum atomic E-state index is 13.6. The Morgan fingerprint density at radius 3 is 2.38 bits per heavy atom. The molecule has 1 unspecified atom stereocenters. The van der Waals surface area contributed by atoms with Crippen molar-refractivity contribution in [1.29, 1.82) is 0 Å². The number of carbonyl (C=O) groups excluding carboxylic acids is 2. The summed E-state index contributed by atoms with van der Waals surface area (Å²) in [5, 5.41) is 3.06. The van der Waals surface area contributed by atoms with Crippen molar-refractivity contribution in [1.82, 2.24) is 15.1 Å². The van der Waals surface area contributed by atoms with E-state index in [-0.39, 0.29) is 24.3 Å². The number of hydrogen-bond donors (Lipinski definition) is 1. The third kappa shape index (κ3) is 6.57. The van der Waals surface area contributed by atoms with Crippen molar-refractivity contribution in [3.8, 4) is 5.75 Å². The number of ether oxygens (including phenoxy) is 1. The summed E-state index contributed by atoms with van der Waals surface area (Å²) >= 11 is 0. The molecule has 1 atom stereocenters. The summed E-state index contributed by atoms with van der Waals surface area (Å²) in [5.41, 5.74) is 1.58. The van der Waals surface area contributed by atoms with Crippen molar-refractivity contribution in [2.24, 2.45) is 0 Å². The summed E-state index contributed by atoms with van der Waals surface area (Å²) in [7, 11) is 1.61. The van der Waals surface area contributed by atoms with E-state index in [9.17, 15) is 9.59 Å². The molecule has 0 saturated carbocycles. The Labute approximate surface area is 191 Å². The molecule has 0 bridgehead atoms. The number of carbonyl (C=O) groups is 2. The van der Waals surface area contributed by atoms with E-state index in [0.29, 0.717) is 24.4 Å². The van der Waals surface area contributed by atoms with Crippen LogP contribution in [0.2, 0.25) is 0 Å². The van der Waals surface area contributed by atoms with Crippen LogP contribution in [0, 0.1) is 0 Å². The van der Waals surface area contributed by atoms with Gasteiger partial charge in [-0.2, -0.15) is 0 Å². The maximum Gasteiger partial charge on any atom is 0.254 e. The number of nitrogens with one attached hydrogen (secondary N) is 1. The van der Waals surface area contributed by atoms with E-state index < -0.39 is 0 Å². The zero-order chi connectivity index (χ0) is 22.8. The molecule has 1 aliphatic rings. The summed E-state index contributed by atoms with van der Waals surface area (Å²) < 4.78 is 5.24. The molecule has 32 heavy (non-hydrogen) atoms. The lowest BCUT2D eigenvalue weighted by atomic mass is 9.99. The second kappa shape index (κ2) is 12.2. The van der Waals surface area contributed by atoms with E-state index >= 15 is 0 Å². The predicted octanol–water partition coefficient (Wildman–Crippen LogP) is 3.89. The second-order valence-electron chi connectivity index (χ2n) is 8.20. The molecule has 1 N–H and O–H groups in total. The largest absolute Gasteiger partial charge is 0.497 e. The minimum Gasteiger partial charge on any atom is -0.497 e. The molecule has 2 amide bonds. The highest BCUT2D eigenvalue weighted by Gasteiger charge is 2.28. The van der Waals surface area contributed by atoms with Crippen LogP contribution in [0.25, 0.3) is 0 Å². The third-order valence-corrected chi connectivity index (χ3v) is 6.08. The van der Waals surface area contributed by atoms with Crippen molar-refractivity contribution >= 4 is 11.8 Å². The standard InChI is InChI=1S/C26H35N3O3/c1-3-28-17-7-8-19-29(26(31)22-12-14-23(32-2)15-13-22)24(21-10-5-4-6-11-21)20-25(30)27-16-9-18-28/h4-6,10-15,24H,3,7-9,16-20H2,1-2H3,(H,27,30). The lowest BCUT2D eigenvalue weighted by Gasteiger charge is -2.32. The summed E-state index contributed by atoms with van der Waals surface area (Å²) in [5.74, 6) is 0.635. The summed E-state index contributed by atoms with van der Waals surface area (Å²) in [6.07, 6.45) is 3.10. The fourth-order valence-electron chi connectivity index (χ4n) is 4.21. The highest BCUT2D eigenvalue weighted by atomic mass is 16.5. The maximum absolute atomic E-state index is 13.6. The molecule has 0 spiro atoms. The van der Waals surface area contributed by atoms with Crippen LogP contribution in [0.1, 0.15) is 54.6 Å². The van der Waals surface area contributed by atoms with Gasteiger partial charge >= 0.3 is 0 Å². The zero-order valence-electron chi connectivity index (χ0n) is 19.3. The van der Waals surface area contributed by atoms with Gasteiger partial charge in [-0.1, -0.05) is 37.3 Å². The average molecular weight is 438 g/mol. The Kier molecular flexibility index (Phi) is 9.11. The Bertz CT molecular complexity index is 854. The van der Waals surface area contributed by atoms with Gasteiger partial charge in [0.25, 0.3) is 5.91 Å². The molecule has 1 heterocycles. The minimum atomic E-state index is -0.311. The van der Waals surface area contributed by atoms with Gasteiger partial charge in [0, 0.05) is 18.7 Å². The van der Waals surface area contributed by atoms with Gasteiger partial charge in [-0.3, -0.25) is 9.59 Å². The van der Waals surface area contributed by atoms with Gasteiger partial charge in [0.2, 0.25) is 5.91 Å². The Morgan fingerprint density at radius 2 is 1.69 bits per heavy atom. The van der Waals surface area contributed by atoms with Crippen LogP contribution in [0.5, 0.6) is 5.75 Å². The quantitative estimate of drug-likeness (QED) is 0.788. The smallest absolute Gasteiger partial charge is 0.254 e. The molecule has 2 aromatic rings. The Morgan fingerprint density at radius 1 is 1.00 bits per heavy atom. The van der Waals surface area contributed by atoms with Gasteiger partial charge in [0.1, 0.15) is 5.75 Å². The van der Waals surface area contributed by atoms with Crippen LogP contribution in [-0.4, -0.2) is 61.4 Å². The van der Waals surface area contributed by atoms with Gasteiger partial charge in [-0.25, -0.2) is 0 Å². The summed E-state index contributed by atoms with van der Waals surface area (Å²) in [4.78, 5) is 30.8. The lowest BCUT2D eigenvalue weighted by molar-refractivity contribution is -0.122. The van der Waals surface area contributed by atoms with Gasteiger partial charge in [0.05, 0.1) is 19.6 Å². The highest BCUT2D eigenvalue weighted by molar-refractivity contribution is 5.95. The molecular formula is C26H35N3O3. The third-order valence-electron chi connectivity index (χ3n) is 6.08. The van der Waals surface area contributed by atoms with Crippen LogP contribution < -0.4 is 10.1 Å². The van der Waals surface area contributed by atoms with Crippen molar-refractivity contribution in [2.75, 3.05) is 39.8 Å². The topological polar surface area (TPSA) is 61.9 Å². The van der Waals surface area contributed by atoms with Gasteiger partial charge in [-0.05, 0) is 68.7 Å². The zero-order valence-corrected chi connectivity index (χ0v) is 19.3. The normalized spacial score (nSPS) is 19.2. The molecule has 6 nitrogen and oxygen atoms in total. The molecule has 2 aromatic carbocycles. The number of amides is 2. The molecular weight excluding hydrogens is 402 g/mol. The molecule has 6 heteroatoms. The second-order valence-corrected chi connectivity index (χ2v) is 8.20. The van der Waals surface area contributed by atoms with E-state index in [0.717, 1.165) is 44.5 Å². The average Bonchev–Trinajstić information content (AvgIpc) is 2.85. The first-order valence-electron chi connectivity index (χ1n) is 11.6. The number of nitrogens with zero attached hydrogens (tertiary/aromatic N) is 2. The first kappa shape index (κ1) is 23.8. The van der Waals surface area contributed by atoms with E-state index in [1.807, 2.05) is 35.2 Å². The van der Waals surface area contributed by atoms with Crippen LogP contribution in [0.4, 0.5) is 0 Å². The van der Waals surface area contributed by atoms with Gasteiger partial charge in [-0.15, -0.1) is 0 Å². The number of hydrogen-bond acceptors (Lipinski definition) is 4. The number of methoxy groups -OCH3 is 1. The van der Waals surface area contributed by atoms with Gasteiger partial charge < -0.3 is 19.9 Å². The Balaban J connectivity index is 1.91. The van der Waals surface area contributed by atoms with Crippen molar-refractivity contribution in [3.05, 3.63) is 65.7 Å². The first-order chi connectivity index (χ1) is 15.6. The van der Waals surface area contributed by atoms with Crippen LogP contribution in [0.15, 0.2) is 54.6 Å². The molecule has 0 radical (unpaired) electrons. The van der Waals surface area contributed by atoms with Crippen LogP contribution in [0.3, 0.4) is 0 Å². The monoisotopic (exact) mass is 437 g/mol. The van der Waals surface area contributed by atoms with Gasteiger partial charge in [0.15, 0.2) is 0 Å². The molecule has 3 rings (SSSR count). The number of benzene rings is 2. The molecule has 0 aromatic heterocycles. The summed E-state index contributed by atoms with van der Waals surface area (Å²) in [6.45, 7) is 6.41. The van der Waals surface area contributed by atoms with E-state index in [1.165, 1.54) is 0 Å². The fourth-order valence-corrected chi connectivity index (χ4v) is 4.21. The fraction of sp³-hybridized carbons (Fsp3) is 0.462.